The Morgan fingerprint density at radius 2 is 2.16 bits per heavy atom. The van der Waals surface area contributed by atoms with Crippen molar-refractivity contribution >= 4 is 5.97 Å². The van der Waals surface area contributed by atoms with Gasteiger partial charge in [-0.15, -0.1) is 0 Å². The standard InChI is InChI=1S/C15H30N2O2/c1-6-19-14(18)12(2)17-9-7-8-13(11-17)10-16-15(3,4)5/h12-13,16H,6-11H2,1-5H3. The van der Waals surface area contributed by atoms with Gasteiger partial charge < -0.3 is 10.1 Å². The van der Waals surface area contributed by atoms with Crippen LogP contribution in [-0.4, -0.2) is 48.7 Å². The van der Waals surface area contributed by atoms with E-state index in [1.165, 1.54) is 12.8 Å². The highest BCUT2D eigenvalue weighted by molar-refractivity contribution is 5.75. The SMILES string of the molecule is CCOC(=O)C(C)N1CCCC(CNC(C)(C)C)C1. The monoisotopic (exact) mass is 270 g/mol. The molecule has 1 saturated heterocycles. The molecule has 1 heterocycles. The molecule has 0 aromatic heterocycles. The normalized spacial score (nSPS) is 23.1. The average Bonchev–Trinajstić information content (AvgIpc) is 2.35. The predicted octanol–water partition coefficient (Wildman–Crippen LogP) is 2.04. The minimum Gasteiger partial charge on any atom is -0.465 e. The number of carbonyl (C=O) groups is 1. The molecule has 1 N–H and O–H groups in total. The molecule has 0 aromatic carbocycles. The summed E-state index contributed by atoms with van der Waals surface area (Å²) in [5.41, 5.74) is 0.162. The zero-order valence-electron chi connectivity index (χ0n) is 13.2. The predicted molar refractivity (Wildman–Crippen MR) is 78.1 cm³/mol. The maximum atomic E-state index is 11.8. The number of carbonyl (C=O) groups excluding carboxylic acids is 1. The second kappa shape index (κ2) is 7.25. The number of hydrogen-bond donors (Lipinski definition) is 1. The van der Waals surface area contributed by atoms with E-state index in [0.717, 1.165) is 19.6 Å². The van der Waals surface area contributed by atoms with Crippen LogP contribution in [-0.2, 0) is 9.53 Å². The molecule has 19 heavy (non-hydrogen) atoms. The maximum absolute atomic E-state index is 11.8. The highest BCUT2D eigenvalue weighted by Gasteiger charge is 2.28. The van der Waals surface area contributed by atoms with E-state index in [2.05, 4.69) is 31.0 Å². The molecule has 2 atom stereocenters. The molecule has 1 fully saturated rings. The van der Waals surface area contributed by atoms with Gasteiger partial charge in [0.1, 0.15) is 6.04 Å². The van der Waals surface area contributed by atoms with Crippen LogP contribution < -0.4 is 5.32 Å². The molecule has 0 aromatic rings. The van der Waals surface area contributed by atoms with Gasteiger partial charge in [0.05, 0.1) is 6.61 Å². The Labute approximate surface area is 117 Å². The van der Waals surface area contributed by atoms with Crippen LogP contribution in [0.5, 0.6) is 0 Å². The van der Waals surface area contributed by atoms with E-state index in [9.17, 15) is 4.79 Å². The van der Waals surface area contributed by atoms with Gasteiger partial charge in [0.15, 0.2) is 0 Å². The van der Waals surface area contributed by atoms with Crippen LogP contribution in [0.25, 0.3) is 0 Å². The summed E-state index contributed by atoms with van der Waals surface area (Å²) in [5, 5.41) is 3.56. The Bertz CT molecular complexity index is 286. The second-order valence-corrected chi connectivity index (χ2v) is 6.56. The topological polar surface area (TPSA) is 41.6 Å². The highest BCUT2D eigenvalue weighted by atomic mass is 16.5. The van der Waals surface area contributed by atoms with Crippen LogP contribution in [0.1, 0.15) is 47.5 Å². The summed E-state index contributed by atoms with van der Waals surface area (Å²) in [7, 11) is 0. The van der Waals surface area contributed by atoms with Crippen LogP contribution in [0.2, 0.25) is 0 Å². The first-order valence-corrected chi connectivity index (χ1v) is 7.49. The van der Waals surface area contributed by atoms with Crippen molar-refractivity contribution in [3.05, 3.63) is 0 Å². The van der Waals surface area contributed by atoms with E-state index in [1.807, 2.05) is 13.8 Å². The Hall–Kier alpha value is -0.610. The lowest BCUT2D eigenvalue weighted by Crippen LogP contribution is -2.49. The molecule has 0 saturated carbocycles. The molecule has 112 valence electrons. The van der Waals surface area contributed by atoms with Gasteiger partial charge in [-0.25, -0.2) is 0 Å². The first kappa shape index (κ1) is 16.4. The molecule has 1 aliphatic rings. The lowest BCUT2D eigenvalue weighted by atomic mass is 9.95. The maximum Gasteiger partial charge on any atom is 0.323 e. The molecule has 0 radical (unpaired) electrons. The van der Waals surface area contributed by atoms with Gasteiger partial charge in [0, 0.05) is 12.1 Å². The van der Waals surface area contributed by atoms with E-state index in [-0.39, 0.29) is 17.6 Å². The van der Waals surface area contributed by atoms with Crippen molar-refractivity contribution in [2.75, 3.05) is 26.2 Å². The fourth-order valence-electron chi connectivity index (χ4n) is 2.48. The van der Waals surface area contributed by atoms with Crippen LogP contribution in [0.3, 0.4) is 0 Å². The minimum atomic E-state index is -0.114. The first-order chi connectivity index (χ1) is 8.83. The number of piperidine rings is 1. The van der Waals surface area contributed by atoms with Crippen LogP contribution in [0.15, 0.2) is 0 Å². The van der Waals surface area contributed by atoms with Crippen molar-refractivity contribution in [3.63, 3.8) is 0 Å². The summed E-state index contributed by atoms with van der Waals surface area (Å²) in [6.07, 6.45) is 2.41. The van der Waals surface area contributed by atoms with Crippen molar-refractivity contribution in [1.29, 1.82) is 0 Å². The van der Waals surface area contributed by atoms with Crippen molar-refractivity contribution in [1.82, 2.24) is 10.2 Å². The average molecular weight is 270 g/mol. The summed E-state index contributed by atoms with van der Waals surface area (Å²) >= 11 is 0. The number of likely N-dealkylation sites (tertiary alicyclic amines) is 1. The molecule has 1 aliphatic heterocycles. The molecule has 0 bridgehead atoms. The zero-order chi connectivity index (χ0) is 14.5. The van der Waals surface area contributed by atoms with Gasteiger partial charge in [0.25, 0.3) is 0 Å². The third-order valence-corrected chi connectivity index (χ3v) is 3.65. The number of nitrogens with one attached hydrogen (secondary N) is 1. The number of hydrogen-bond acceptors (Lipinski definition) is 4. The summed E-state index contributed by atoms with van der Waals surface area (Å²) in [6, 6.07) is -0.114. The summed E-state index contributed by atoms with van der Waals surface area (Å²) in [6.45, 7) is 13.9. The molecule has 0 spiro atoms. The molecular weight excluding hydrogens is 240 g/mol. The largest absolute Gasteiger partial charge is 0.465 e. The number of rotatable bonds is 5. The second-order valence-electron chi connectivity index (χ2n) is 6.56. The van der Waals surface area contributed by atoms with Crippen LogP contribution in [0, 0.1) is 5.92 Å². The third kappa shape index (κ3) is 5.91. The number of ether oxygens (including phenoxy) is 1. The van der Waals surface area contributed by atoms with Crippen LogP contribution >= 0.6 is 0 Å². The molecule has 4 nitrogen and oxygen atoms in total. The Kier molecular flexibility index (Phi) is 6.27. The van der Waals surface area contributed by atoms with E-state index in [0.29, 0.717) is 12.5 Å². The summed E-state index contributed by atoms with van der Waals surface area (Å²) < 4.78 is 5.11. The zero-order valence-corrected chi connectivity index (χ0v) is 13.2. The molecule has 0 aliphatic carbocycles. The van der Waals surface area contributed by atoms with E-state index >= 15 is 0 Å². The lowest BCUT2D eigenvalue weighted by Gasteiger charge is -2.36. The minimum absolute atomic E-state index is 0.0908. The lowest BCUT2D eigenvalue weighted by molar-refractivity contribution is -0.149. The summed E-state index contributed by atoms with van der Waals surface area (Å²) in [5.74, 6) is 0.539. The van der Waals surface area contributed by atoms with E-state index < -0.39 is 0 Å². The number of esters is 1. The van der Waals surface area contributed by atoms with Crippen molar-refractivity contribution in [3.8, 4) is 0 Å². The molecule has 2 unspecified atom stereocenters. The Morgan fingerprint density at radius 3 is 2.74 bits per heavy atom. The van der Waals surface area contributed by atoms with Crippen molar-refractivity contribution < 1.29 is 9.53 Å². The van der Waals surface area contributed by atoms with Gasteiger partial charge in [-0.05, 0) is 66.5 Å². The van der Waals surface area contributed by atoms with Gasteiger partial charge in [-0.1, -0.05) is 0 Å². The third-order valence-electron chi connectivity index (χ3n) is 3.65. The first-order valence-electron chi connectivity index (χ1n) is 7.49. The fraction of sp³-hybridized carbons (Fsp3) is 0.933. The quantitative estimate of drug-likeness (QED) is 0.776. The number of nitrogens with zero attached hydrogens (tertiary/aromatic N) is 1. The van der Waals surface area contributed by atoms with Crippen molar-refractivity contribution in [2.45, 2.75) is 59.0 Å². The highest BCUT2D eigenvalue weighted by Crippen LogP contribution is 2.19. The Morgan fingerprint density at radius 1 is 1.47 bits per heavy atom. The van der Waals surface area contributed by atoms with Gasteiger partial charge >= 0.3 is 5.97 Å². The van der Waals surface area contributed by atoms with Crippen LogP contribution in [0.4, 0.5) is 0 Å². The van der Waals surface area contributed by atoms with Crippen molar-refractivity contribution in [2.24, 2.45) is 5.92 Å². The van der Waals surface area contributed by atoms with Gasteiger partial charge in [-0.2, -0.15) is 0 Å². The molecular formula is C15H30N2O2. The van der Waals surface area contributed by atoms with Gasteiger partial charge in [-0.3, -0.25) is 9.69 Å². The molecule has 1 rings (SSSR count). The van der Waals surface area contributed by atoms with E-state index in [4.69, 9.17) is 4.74 Å². The smallest absolute Gasteiger partial charge is 0.323 e. The molecule has 4 heteroatoms. The molecule has 0 amide bonds. The van der Waals surface area contributed by atoms with E-state index in [1.54, 1.807) is 0 Å². The fourth-order valence-corrected chi connectivity index (χ4v) is 2.48. The Balaban J connectivity index is 2.43. The van der Waals surface area contributed by atoms with Gasteiger partial charge in [0.2, 0.25) is 0 Å². The summed E-state index contributed by atoms with van der Waals surface area (Å²) in [4.78, 5) is 14.0.